The molecule has 1 rings (SSSR count). The number of halogens is 1. The second-order valence-electron chi connectivity index (χ2n) is 2.81. The summed E-state index contributed by atoms with van der Waals surface area (Å²) in [7, 11) is 0. The van der Waals surface area contributed by atoms with E-state index in [4.69, 9.17) is 6.92 Å². The fraction of sp³-hybridized carbons (Fsp3) is 0.300. The van der Waals surface area contributed by atoms with Gasteiger partial charge in [-0.15, -0.1) is 0 Å². The van der Waals surface area contributed by atoms with Gasteiger partial charge in [0.2, 0.25) is 0 Å². The molecule has 0 nitrogen and oxygen atoms in total. The molecule has 0 aliphatic heterocycles. The lowest BCUT2D eigenvalue weighted by molar-refractivity contribution is 0.719. The molecule has 1 heteroatoms. The fourth-order valence-corrected chi connectivity index (χ4v) is 1.26. The molecule has 1 aromatic carbocycles. The Bertz CT molecular complexity index is 211. The van der Waals surface area contributed by atoms with Gasteiger partial charge in [-0.25, -0.2) is 0 Å². The van der Waals surface area contributed by atoms with Gasteiger partial charge >= 0.3 is 0 Å². The summed E-state index contributed by atoms with van der Waals surface area (Å²) in [6.45, 7) is 7.67. The lowest BCUT2D eigenvalue weighted by Crippen LogP contribution is -1.93. The van der Waals surface area contributed by atoms with E-state index in [0.717, 1.165) is 10.9 Å². The van der Waals surface area contributed by atoms with Crippen LogP contribution in [0.4, 0.5) is 0 Å². The fourth-order valence-electron chi connectivity index (χ4n) is 0.992. The first-order chi connectivity index (χ1) is 5.18. The lowest BCUT2D eigenvalue weighted by Gasteiger charge is -2.03. The van der Waals surface area contributed by atoms with Crippen LogP contribution < -0.4 is 0 Å². The first-order valence-corrected chi connectivity index (χ1v) is 4.48. The summed E-state index contributed by atoms with van der Waals surface area (Å²) in [5, 5.41) is 0. The number of rotatable bonds is 2. The molecule has 0 saturated heterocycles. The Morgan fingerprint density at radius 3 is 2.36 bits per heavy atom. The molecule has 1 aromatic rings. The third-order valence-corrected chi connectivity index (χ3v) is 2.00. The Kier molecular flexibility index (Phi) is 3.13. The van der Waals surface area contributed by atoms with E-state index < -0.39 is 0 Å². The van der Waals surface area contributed by atoms with Crippen molar-refractivity contribution in [1.82, 2.24) is 0 Å². The predicted octanol–water partition coefficient (Wildman–Crippen LogP) is 3.34. The molecule has 0 aromatic heterocycles. The molecule has 1 atom stereocenters. The van der Waals surface area contributed by atoms with Crippen LogP contribution in [0, 0.1) is 12.8 Å². The van der Waals surface area contributed by atoms with Crippen molar-refractivity contribution < 1.29 is 0 Å². The van der Waals surface area contributed by atoms with Gasteiger partial charge in [-0.3, -0.25) is 0 Å². The van der Waals surface area contributed by atoms with Crippen LogP contribution in [0.3, 0.4) is 0 Å². The average molecular weight is 211 g/mol. The molecular formula is C10H11Br. The van der Waals surface area contributed by atoms with Crippen molar-refractivity contribution in [3.8, 4) is 0 Å². The van der Waals surface area contributed by atoms with E-state index in [0.29, 0.717) is 0 Å². The van der Waals surface area contributed by atoms with Gasteiger partial charge in [0.25, 0.3) is 0 Å². The smallest absolute Gasteiger partial charge is 0.0175 e. The van der Waals surface area contributed by atoms with Gasteiger partial charge in [0.15, 0.2) is 0 Å². The van der Waals surface area contributed by atoms with Gasteiger partial charge in [-0.2, -0.15) is 0 Å². The summed E-state index contributed by atoms with van der Waals surface area (Å²) in [6, 6.07) is 8.26. The molecule has 0 spiro atoms. The van der Waals surface area contributed by atoms with E-state index in [1.807, 2.05) is 19.1 Å². The van der Waals surface area contributed by atoms with Gasteiger partial charge in [-0.05, 0) is 37.0 Å². The maximum absolute atomic E-state index is 5.65. The molecule has 11 heavy (non-hydrogen) atoms. The molecule has 0 amide bonds. The second kappa shape index (κ2) is 3.91. The highest BCUT2D eigenvalue weighted by Crippen LogP contribution is 2.13. The Labute approximate surface area is 76.8 Å². The normalized spacial score (nSPS) is 10.5. The minimum atomic E-state index is 0.246. The molecular weight excluding hydrogens is 200 g/mol. The minimum Gasteiger partial charge on any atom is -0.0619 e. The van der Waals surface area contributed by atoms with Crippen molar-refractivity contribution >= 4 is 15.9 Å². The van der Waals surface area contributed by atoms with Gasteiger partial charge in [0, 0.05) is 4.47 Å². The van der Waals surface area contributed by atoms with Crippen LogP contribution in [-0.2, 0) is 6.42 Å². The van der Waals surface area contributed by atoms with Crippen LogP contribution in [0.25, 0.3) is 0 Å². The maximum atomic E-state index is 5.65. The lowest BCUT2D eigenvalue weighted by atomic mass is 10.0. The van der Waals surface area contributed by atoms with E-state index in [9.17, 15) is 0 Å². The summed E-state index contributed by atoms with van der Waals surface area (Å²) in [5.41, 5.74) is 1.29. The molecule has 0 aliphatic rings. The summed E-state index contributed by atoms with van der Waals surface area (Å²) in [5.74, 6) is 0.246. The summed E-state index contributed by atoms with van der Waals surface area (Å²) in [4.78, 5) is 0. The van der Waals surface area contributed by atoms with Crippen molar-refractivity contribution in [2.75, 3.05) is 0 Å². The highest BCUT2D eigenvalue weighted by atomic mass is 79.9. The predicted molar refractivity (Wildman–Crippen MR) is 51.3 cm³/mol. The first kappa shape index (κ1) is 8.79. The Morgan fingerprint density at radius 2 is 1.91 bits per heavy atom. The molecule has 0 fully saturated rings. The Balaban J connectivity index is 2.66. The van der Waals surface area contributed by atoms with E-state index >= 15 is 0 Å². The Morgan fingerprint density at radius 1 is 1.36 bits per heavy atom. The van der Waals surface area contributed by atoms with E-state index in [1.165, 1.54) is 5.56 Å². The molecule has 2 radical (unpaired) electrons. The number of hydrogen-bond donors (Lipinski definition) is 0. The third kappa shape index (κ3) is 3.06. The number of benzene rings is 1. The van der Waals surface area contributed by atoms with Crippen LogP contribution in [0.1, 0.15) is 12.5 Å². The molecule has 0 heterocycles. The maximum Gasteiger partial charge on any atom is 0.0175 e. The topological polar surface area (TPSA) is 0 Å². The molecule has 0 N–H and O–H groups in total. The minimum absolute atomic E-state index is 0.246. The molecule has 0 saturated carbocycles. The molecule has 0 bridgehead atoms. The van der Waals surface area contributed by atoms with Crippen molar-refractivity contribution in [3.63, 3.8) is 0 Å². The van der Waals surface area contributed by atoms with Gasteiger partial charge < -0.3 is 0 Å². The van der Waals surface area contributed by atoms with Crippen LogP contribution >= 0.6 is 15.9 Å². The zero-order valence-electron chi connectivity index (χ0n) is 6.55. The third-order valence-electron chi connectivity index (χ3n) is 1.47. The average Bonchev–Trinajstić information content (AvgIpc) is 1.93. The highest BCUT2D eigenvalue weighted by molar-refractivity contribution is 9.10. The van der Waals surface area contributed by atoms with E-state index in [-0.39, 0.29) is 5.92 Å². The zero-order chi connectivity index (χ0) is 8.27. The van der Waals surface area contributed by atoms with Crippen LogP contribution in [0.5, 0.6) is 0 Å². The second-order valence-corrected chi connectivity index (χ2v) is 3.72. The van der Waals surface area contributed by atoms with Crippen molar-refractivity contribution in [2.45, 2.75) is 13.3 Å². The summed E-state index contributed by atoms with van der Waals surface area (Å²) >= 11 is 3.38. The van der Waals surface area contributed by atoms with Crippen molar-refractivity contribution in [2.24, 2.45) is 5.92 Å². The van der Waals surface area contributed by atoms with Gasteiger partial charge in [0.05, 0.1) is 0 Å². The monoisotopic (exact) mass is 210 g/mol. The molecule has 58 valence electrons. The van der Waals surface area contributed by atoms with Crippen molar-refractivity contribution in [3.05, 3.63) is 41.2 Å². The Hall–Kier alpha value is -0.300. The molecule has 1 unspecified atom stereocenters. The van der Waals surface area contributed by atoms with E-state index in [2.05, 4.69) is 28.1 Å². The number of hydrogen-bond acceptors (Lipinski definition) is 0. The van der Waals surface area contributed by atoms with Gasteiger partial charge in [-0.1, -0.05) is 35.0 Å². The first-order valence-electron chi connectivity index (χ1n) is 3.68. The quantitative estimate of drug-likeness (QED) is 0.703. The van der Waals surface area contributed by atoms with Gasteiger partial charge in [0.1, 0.15) is 0 Å². The van der Waals surface area contributed by atoms with Crippen molar-refractivity contribution in [1.29, 1.82) is 0 Å². The summed E-state index contributed by atoms with van der Waals surface area (Å²) in [6.07, 6.45) is 0.952. The van der Waals surface area contributed by atoms with E-state index in [1.54, 1.807) is 0 Å². The largest absolute Gasteiger partial charge is 0.0619 e. The van der Waals surface area contributed by atoms with Crippen LogP contribution in [-0.4, -0.2) is 0 Å². The highest BCUT2D eigenvalue weighted by Gasteiger charge is 1.96. The SMILES string of the molecule is [CH]C(C)Cc1ccc(Br)cc1. The zero-order valence-corrected chi connectivity index (χ0v) is 8.14. The molecule has 0 aliphatic carbocycles. The standard InChI is InChI=1S/C10H11Br/c1-8(2)7-9-3-5-10(11)6-4-9/h1,3-6,8H,7H2,2H3. The summed E-state index contributed by atoms with van der Waals surface area (Å²) < 4.78 is 1.12. The van der Waals surface area contributed by atoms with Crippen LogP contribution in [0.15, 0.2) is 28.7 Å². The van der Waals surface area contributed by atoms with Crippen LogP contribution in [0.2, 0.25) is 0 Å².